The number of anilines is 2. The predicted octanol–water partition coefficient (Wildman–Crippen LogP) is 5.34. The van der Waals surface area contributed by atoms with Gasteiger partial charge in [0.2, 0.25) is 11.8 Å². The van der Waals surface area contributed by atoms with E-state index in [1.54, 1.807) is 30.3 Å². The van der Waals surface area contributed by atoms with Gasteiger partial charge in [0.05, 0.1) is 10.0 Å². The van der Waals surface area contributed by atoms with Crippen LogP contribution in [0, 0.1) is 6.92 Å². The normalized spacial score (nSPS) is 10.4. The Hall–Kier alpha value is -1.75. The van der Waals surface area contributed by atoms with E-state index in [0.717, 1.165) is 5.56 Å². The molecule has 0 aromatic heterocycles. The molecule has 1 N–H and O–H groups in total. The Morgan fingerprint density at radius 1 is 1.00 bits per heavy atom. The Bertz CT molecular complexity index is 809. The molecule has 0 radical (unpaired) electrons. The van der Waals surface area contributed by atoms with Crippen LogP contribution in [-0.2, 0) is 9.59 Å². The van der Waals surface area contributed by atoms with Crippen molar-refractivity contribution in [1.29, 1.82) is 0 Å². The molecular weight excluding hydrogens is 383 g/mol. The van der Waals surface area contributed by atoms with Crippen molar-refractivity contribution >= 4 is 58.0 Å². The molecule has 132 valence electrons. The Morgan fingerprint density at radius 3 is 2.32 bits per heavy atom. The summed E-state index contributed by atoms with van der Waals surface area (Å²) in [7, 11) is 0. The first-order valence-electron chi connectivity index (χ1n) is 7.57. The lowest BCUT2D eigenvalue weighted by Crippen LogP contribution is -2.32. The van der Waals surface area contributed by atoms with Crippen molar-refractivity contribution in [2.24, 2.45) is 0 Å². The van der Waals surface area contributed by atoms with Gasteiger partial charge in [-0.3, -0.25) is 9.59 Å². The number of nitrogens with one attached hydrogen (secondary N) is 1. The molecule has 0 fully saturated rings. The second-order valence-corrected chi connectivity index (χ2v) is 6.75. The molecule has 4 nitrogen and oxygen atoms in total. The molecule has 2 amide bonds. The summed E-state index contributed by atoms with van der Waals surface area (Å²) in [6, 6.07) is 10.2. The van der Waals surface area contributed by atoms with Crippen LogP contribution < -0.4 is 10.2 Å². The first-order chi connectivity index (χ1) is 11.8. The molecule has 0 atom stereocenters. The topological polar surface area (TPSA) is 49.4 Å². The van der Waals surface area contributed by atoms with Crippen LogP contribution >= 0.6 is 34.8 Å². The fraction of sp³-hybridized carbons (Fsp3) is 0.222. The molecule has 0 aliphatic rings. The lowest BCUT2D eigenvalue weighted by Gasteiger charge is -2.21. The van der Waals surface area contributed by atoms with Gasteiger partial charge in [-0.2, -0.15) is 0 Å². The molecule has 0 bridgehead atoms. The van der Waals surface area contributed by atoms with Gasteiger partial charge in [0.15, 0.2) is 0 Å². The molecule has 0 aliphatic carbocycles. The molecule has 2 aromatic carbocycles. The molecule has 7 heteroatoms. The highest BCUT2D eigenvalue weighted by Crippen LogP contribution is 2.26. The highest BCUT2D eigenvalue weighted by Gasteiger charge is 2.14. The monoisotopic (exact) mass is 398 g/mol. The van der Waals surface area contributed by atoms with Crippen LogP contribution in [0.4, 0.5) is 11.4 Å². The Morgan fingerprint density at radius 2 is 1.72 bits per heavy atom. The maximum atomic E-state index is 12.1. The zero-order valence-electron chi connectivity index (χ0n) is 13.8. The van der Waals surface area contributed by atoms with Crippen LogP contribution in [0.3, 0.4) is 0 Å². The molecule has 0 saturated heterocycles. The van der Waals surface area contributed by atoms with E-state index in [2.05, 4.69) is 5.32 Å². The van der Waals surface area contributed by atoms with Gasteiger partial charge < -0.3 is 10.2 Å². The average molecular weight is 400 g/mol. The second kappa shape index (κ2) is 8.56. The van der Waals surface area contributed by atoms with Crippen molar-refractivity contribution in [2.75, 3.05) is 16.8 Å². The van der Waals surface area contributed by atoms with E-state index in [0.29, 0.717) is 26.4 Å². The van der Waals surface area contributed by atoms with Crippen molar-refractivity contribution in [3.8, 4) is 0 Å². The van der Waals surface area contributed by atoms with Crippen LogP contribution in [0.15, 0.2) is 36.4 Å². The summed E-state index contributed by atoms with van der Waals surface area (Å²) in [5.74, 6) is -0.398. The number of amides is 2. The highest BCUT2D eigenvalue weighted by atomic mass is 35.5. The Kier molecular flexibility index (Phi) is 6.71. The standard InChI is InChI=1S/C18H17Cl3N2O2/c1-11-3-5-14(10-16(11)20)23(12(2)24)8-7-18(25)22-13-4-6-15(19)17(21)9-13/h3-6,9-10H,7-8H2,1-2H3,(H,22,25). The third-order valence-corrected chi connectivity index (χ3v) is 4.76. The number of hydrogen-bond donors (Lipinski definition) is 1. The van der Waals surface area contributed by atoms with Crippen molar-refractivity contribution in [3.05, 3.63) is 57.0 Å². The third kappa shape index (κ3) is 5.36. The van der Waals surface area contributed by atoms with Gasteiger partial charge in [0, 0.05) is 36.3 Å². The van der Waals surface area contributed by atoms with Crippen molar-refractivity contribution in [2.45, 2.75) is 20.3 Å². The van der Waals surface area contributed by atoms with Gasteiger partial charge in [-0.15, -0.1) is 0 Å². The molecule has 0 saturated carbocycles. The Labute approximate surface area is 161 Å². The fourth-order valence-corrected chi connectivity index (χ4v) is 2.70. The van der Waals surface area contributed by atoms with Crippen molar-refractivity contribution < 1.29 is 9.59 Å². The molecule has 0 spiro atoms. The number of aryl methyl sites for hydroxylation is 1. The van der Waals surface area contributed by atoms with E-state index in [9.17, 15) is 9.59 Å². The second-order valence-electron chi connectivity index (χ2n) is 5.53. The number of hydrogen-bond acceptors (Lipinski definition) is 2. The van der Waals surface area contributed by atoms with E-state index in [1.807, 2.05) is 13.0 Å². The summed E-state index contributed by atoms with van der Waals surface area (Å²) in [5, 5.41) is 4.08. The number of rotatable bonds is 5. The largest absolute Gasteiger partial charge is 0.326 e. The van der Waals surface area contributed by atoms with Crippen molar-refractivity contribution in [3.63, 3.8) is 0 Å². The smallest absolute Gasteiger partial charge is 0.226 e. The molecule has 0 heterocycles. The molecule has 2 rings (SSSR count). The SMILES string of the molecule is CC(=O)N(CCC(=O)Nc1ccc(Cl)c(Cl)c1)c1ccc(C)c(Cl)c1. The quantitative estimate of drug-likeness (QED) is 0.738. The molecular formula is C18H17Cl3N2O2. The summed E-state index contributed by atoms with van der Waals surface area (Å²) in [6.07, 6.45) is 0.130. The average Bonchev–Trinajstić information content (AvgIpc) is 2.54. The first kappa shape index (κ1) is 19.6. The zero-order valence-corrected chi connectivity index (χ0v) is 16.0. The maximum Gasteiger partial charge on any atom is 0.226 e. The molecule has 2 aromatic rings. The predicted molar refractivity (Wildman–Crippen MR) is 104 cm³/mol. The summed E-state index contributed by atoms with van der Waals surface area (Å²) >= 11 is 17.9. The summed E-state index contributed by atoms with van der Waals surface area (Å²) in [6.45, 7) is 3.57. The maximum absolute atomic E-state index is 12.1. The number of carbonyl (C=O) groups is 2. The summed E-state index contributed by atoms with van der Waals surface area (Å²) in [4.78, 5) is 25.6. The van der Waals surface area contributed by atoms with Crippen LogP contribution in [0.25, 0.3) is 0 Å². The van der Waals surface area contributed by atoms with Gasteiger partial charge in [-0.05, 0) is 42.8 Å². The minimum absolute atomic E-state index is 0.130. The lowest BCUT2D eigenvalue weighted by molar-refractivity contribution is -0.117. The number of nitrogens with zero attached hydrogens (tertiary/aromatic N) is 1. The van der Waals surface area contributed by atoms with Gasteiger partial charge in [-0.25, -0.2) is 0 Å². The van der Waals surface area contributed by atoms with Crippen LogP contribution in [0.5, 0.6) is 0 Å². The van der Waals surface area contributed by atoms with Crippen LogP contribution in [0.2, 0.25) is 15.1 Å². The Balaban J connectivity index is 2.02. The van der Waals surface area contributed by atoms with Crippen LogP contribution in [0.1, 0.15) is 18.9 Å². The minimum atomic E-state index is -0.233. The van der Waals surface area contributed by atoms with E-state index in [4.69, 9.17) is 34.8 Å². The van der Waals surface area contributed by atoms with Gasteiger partial charge in [-0.1, -0.05) is 40.9 Å². The van der Waals surface area contributed by atoms with Crippen molar-refractivity contribution in [1.82, 2.24) is 0 Å². The summed E-state index contributed by atoms with van der Waals surface area (Å²) in [5.41, 5.74) is 2.13. The molecule has 0 aliphatic heterocycles. The van der Waals surface area contributed by atoms with Gasteiger partial charge >= 0.3 is 0 Å². The fourth-order valence-electron chi connectivity index (χ4n) is 2.23. The molecule has 25 heavy (non-hydrogen) atoms. The summed E-state index contributed by atoms with van der Waals surface area (Å²) < 4.78 is 0. The first-order valence-corrected chi connectivity index (χ1v) is 8.70. The number of benzene rings is 2. The van der Waals surface area contributed by atoms with E-state index in [1.165, 1.54) is 11.8 Å². The highest BCUT2D eigenvalue weighted by molar-refractivity contribution is 6.42. The van der Waals surface area contributed by atoms with Crippen LogP contribution in [-0.4, -0.2) is 18.4 Å². The molecule has 0 unspecified atom stereocenters. The van der Waals surface area contributed by atoms with E-state index >= 15 is 0 Å². The zero-order chi connectivity index (χ0) is 18.6. The number of carbonyl (C=O) groups excluding carboxylic acids is 2. The van der Waals surface area contributed by atoms with E-state index in [-0.39, 0.29) is 24.8 Å². The van der Waals surface area contributed by atoms with E-state index < -0.39 is 0 Å². The van der Waals surface area contributed by atoms with Gasteiger partial charge in [0.25, 0.3) is 0 Å². The minimum Gasteiger partial charge on any atom is -0.326 e. The third-order valence-electron chi connectivity index (χ3n) is 3.61. The van der Waals surface area contributed by atoms with Gasteiger partial charge in [0.1, 0.15) is 0 Å². The lowest BCUT2D eigenvalue weighted by atomic mass is 10.2. The number of halogens is 3.